The number of amides is 1. The standard InChI is InChI=1S/C20H21N3O2/c1-15(11-12-16-7-3-2-4-8-16)22-19(24)14-23-18-10-6-5-9-17(18)21-13-20(23)25/h2-10,13,15H,11-12,14H2,1H3,(H,22,24). The monoisotopic (exact) mass is 335 g/mol. The smallest absolute Gasteiger partial charge is 0.269 e. The number of rotatable bonds is 6. The minimum atomic E-state index is -0.272. The number of fused-ring (bicyclic) bond motifs is 1. The molecule has 0 saturated heterocycles. The van der Waals surface area contributed by atoms with E-state index >= 15 is 0 Å². The highest BCUT2D eigenvalue weighted by Gasteiger charge is 2.11. The number of aryl methyl sites for hydroxylation is 1. The van der Waals surface area contributed by atoms with Crippen molar-refractivity contribution in [3.63, 3.8) is 0 Å². The lowest BCUT2D eigenvalue weighted by atomic mass is 10.1. The van der Waals surface area contributed by atoms with Crippen LogP contribution in [-0.2, 0) is 17.8 Å². The lowest BCUT2D eigenvalue weighted by molar-refractivity contribution is -0.122. The van der Waals surface area contributed by atoms with Gasteiger partial charge in [0.1, 0.15) is 6.54 Å². The summed E-state index contributed by atoms with van der Waals surface area (Å²) in [5.41, 5.74) is 2.35. The fourth-order valence-electron chi connectivity index (χ4n) is 2.84. The van der Waals surface area contributed by atoms with Crippen molar-refractivity contribution in [1.29, 1.82) is 0 Å². The zero-order valence-corrected chi connectivity index (χ0v) is 14.2. The Morgan fingerprint density at radius 2 is 1.84 bits per heavy atom. The molecule has 3 rings (SSSR count). The highest BCUT2D eigenvalue weighted by atomic mass is 16.2. The van der Waals surface area contributed by atoms with Crippen LogP contribution in [-0.4, -0.2) is 21.5 Å². The second-order valence-corrected chi connectivity index (χ2v) is 6.16. The Morgan fingerprint density at radius 1 is 1.12 bits per heavy atom. The molecule has 1 atom stereocenters. The second-order valence-electron chi connectivity index (χ2n) is 6.16. The average molecular weight is 335 g/mol. The molecule has 0 aliphatic heterocycles. The molecule has 1 aromatic heterocycles. The second kappa shape index (κ2) is 7.75. The molecule has 0 saturated carbocycles. The number of carbonyl (C=O) groups excluding carboxylic acids is 1. The molecule has 0 spiro atoms. The van der Waals surface area contributed by atoms with Crippen LogP contribution < -0.4 is 10.9 Å². The van der Waals surface area contributed by atoms with Gasteiger partial charge in [0.25, 0.3) is 5.56 Å². The first-order valence-corrected chi connectivity index (χ1v) is 8.41. The van der Waals surface area contributed by atoms with E-state index < -0.39 is 0 Å². The van der Waals surface area contributed by atoms with Crippen LogP contribution in [0.4, 0.5) is 0 Å². The SMILES string of the molecule is CC(CCc1ccccc1)NC(=O)Cn1c(=O)cnc2ccccc21. The third-order valence-electron chi connectivity index (χ3n) is 4.17. The first-order chi connectivity index (χ1) is 12.1. The number of carbonyl (C=O) groups is 1. The van der Waals surface area contributed by atoms with Crippen LogP contribution in [0, 0.1) is 0 Å². The maximum absolute atomic E-state index is 12.3. The molecular formula is C20H21N3O2. The highest BCUT2D eigenvalue weighted by Crippen LogP contribution is 2.08. The van der Waals surface area contributed by atoms with Gasteiger partial charge in [0.15, 0.2) is 0 Å². The number of hydrogen-bond donors (Lipinski definition) is 1. The van der Waals surface area contributed by atoms with Crippen molar-refractivity contribution in [2.45, 2.75) is 32.4 Å². The van der Waals surface area contributed by atoms with Gasteiger partial charge in [-0.1, -0.05) is 42.5 Å². The summed E-state index contributed by atoms with van der Waals surface area (Å²) >= 11 is 0. The zero-order valence-electron chi connectivity index (χ0n) is 14.2. The quantitative estimate of drug-likeness (QED) is 0.753. The highest BCUT2D eigenvalue weighted by molar-refractivity contribution is 5.80. The molecule has 1 N–H and O–H groups in total. The minimum absolute atomic E-state index is 0.00244. The zero-order chi connectivity index (χ0) is 17.6. The van der Waals surface area contributed by atoms with Gasteiger partial charge in [-0.05, 0) is 37.5 Å². The summed E-state index contributed by atoms with van der Waals surface area (Å²) in [6.45, 7) is 1.98. The van der Waals surface area contributed by atoms with Gasteiger partial charge in [-0.15, -0.1) is 0 Å². The summed E-state index contributed by atoms with van der Waals surface area (Å²) in [7, 11) is 0. The van der Waals surface area contributed by atoms with E-state index in [1.165, 1.54) is 16.3 Å². The Hall–Kier alpha value is -2.95. The van der Waals surface area contributed by atoms with E-state index in [9.17, 15) is 9.59 Å². The van der Waals surface area contributed by atoms with Gasteiger partial charge >= 0.3 is 0 Å². The molecule has 1 unspecified atom stereocenters. The molecule has 1 amide bonds. The summed E-state index contributed by atoms with van der Waals surface area (Å²) in [6.07, 6.45) is 3.01. The molecule has 3 aromatic rings. The van der Waals surface area contributed by atoms with E-state index in [4.69, 9.17) is 0 Å². The molecule has 2 aromatic carbocycles. The van der Waals surface area contributed by atoms with E-state index in [0.717, 1.165) is 12.8 Å². The van der Waals surface area contributed by atoms with Gasteiger partial charge in [-0.25, -0.2) is 4.98 Å². The molecule has 0 fully saturated rings. The minimum Gasteiger partial charge on any atom is -0.352 e. The number of para-hydroxylation sites is 2. The van der Waals surface area contributed by atoms with Crippen LogP contribution in [0.5, 0.6) is 0 Å². The Bertz CT molecular complexity index is 919. The van der Waals surface area contributed by atoms with E-state index in [1.54, 1.807) is 6.07 Å². The van der Waals surface area contributed by atoms with Crippen LogP contribution in [0.15, 0.2) is 65.6 Å². The predicted molar refractivity (Wildman–Crippen MR) is 98.4 cm³/mol. The lowest BCUT2D eigenvalue weighted by Gasteiger charge is -2.15. The molecule has 0 bridgehead atoms. The van der Waals surface area contributed by atoms with Crippen molar-refractivity contribution in [3.05, 3.63) is 76.7 Å². The third-order valence-corrected chi connectivity index (χ3v) is 4.17. The summed E-state index contributed by atoms with van der Waals surface area (Å²) < 4.78 is 1.46. The number of aromatic nitrogens is 2. The summed E-state index contributed by atoms with van der Waals surface area (Å²) in [5, 5.41) is 2.97. The Labute approximate surface area is 146 Å². The van der Waals surface area contributed by atoms with Gasteiger partial charge in [0.2, 0.25) is 5.91 Å². The van der Waals surface area contributed by atoms with Crippen molar-refractivity contribution in [1.82, 2.24) is 14.9 Å². The van der Waals surface area contributed by atoms with E-state index in [0.29, 0.717) is 11.0 Å². The maximum atomic E-state index is 12.3. The van der Waals surface area contributed by atoms with Crippen molar-refractivity contribution in [2.24, 2.45) is 0 Å². The van der Waals surface area contributed by atoms with Crippen LogP contribution in [0.25, 0.3) is 11.0 Å². The van der Waals surface area contributed by atoms with E-state index in [-0.39, 0.29) is 24.1 Å². The van der Waals surface area contributed by atoms with Crippen LogP contribution in [0.3, 0.4) is 0 Å². The molecule has 5 nitrogen and oxygen atoms in total. The van der Waals surface area contributed by atoms with E-state index in [1.807, 2.05) is 43.3 Å². The Kier molecular flexibility index (Phi) is 5.23. The van der Waals surface area contributed by atoms with Crippen molar-refractivity contribution in [3.8, 4) is 0 Å². The Balaban J connectivity index is 1.63. The molecule has 0 aliphatic rings. The molecular weight excluding hydrogens is 314 g/mol. The molecule has 128 valence electrons. The van der Waals surface area contributed by atoms with Crippen LogP contribution >= 0.6 is 0 Å². The first kappa shape index (κ1) is 16.9. The van der Waals surface area contributed by atoms with Gasteiger partial charge in [-0.2, -0.15) is 0 Å². The molecule has 0 radical (unpaired) electrons. The number of hydrogen-bond acceptors (Lipinski definition) is 3. The van der Waals surface area contributed by atoms with Gasteiger partial charge in [0, 0.05) is 6.04 Å². The number of nitrogens with zero attached hydrogens (tertiary/aromatic N) is 2. The molecule has 0 aliphatic carbocycles. The van der Waals surface area contributed by atoms with Crippen LogP contribution in [0.1, 0.15) is 18.9 Å². The van der Waals surface area contributed by atoms with Gasteiger partial charge in [0.05, 0.1) is 17.2 Å². The van der Waals surface area contributed by atoms with Crippen molar-refractivity contribution in [2.75, 3.05) is 0 Å². The van der Waals surface area contributed by atoms with Crippen molar-refractivity contribution < 1.29 is 4.79 Å². The summed E-state index contributed by atoms with van der Waals surface area (Å²) in [4.78, 5) is 28.5. The molecule has 5 heteroatoms. The normalized spacial score (nSPS) is 12.0. The largest absolute Gasteiger partial charge is 0.352 e. The number of benzene rings is 2. The van der Waals surface area contributed by atoms with E-state index in [2.05, 4.69) is 22.4 Å². The summed E-state index contributed by atoms with van der Waals surface area (Å²) in [5.74, 6) is -0.168. The van der Waals surface area contributed by atoms with Crippen LogP contribution in [0.2, 0.25) is 0 Å². The topological polar surface area (TPSA) is 64.0 Å². The fraction of sp³-hybridized carbons (Fsp3) is 0.250. The van der Waals surface area contributed by atoms with Crippen molar-refractivity contribution >= 4 is 16.9 Å². The maximum Gasteiger partial charge on any atom is 0.269 e. The van der Waals surface area contributed by atoms with Gasteiger partial charge in [-0.3, -0.25) is 14.2 Å². The summed E-state index contributed by atoms with van der Waals surface area (Å²) in [6, 6.07) is 17.5. The molecule has 1 heterocycles. The first-order valence-electron chi connectivity index (χ1n) is 8.41. The Morgan fingerprint density at radius 3 is 2.64 bits per heavy atom. The predicted octanol–water partition coefficient (Wildman–Crippen LogP) is 2.53. The molecule has 25 heavy (non-hydrogen) atoms. The lowest BCUT2D eigenvalue weighted by Crippen LogP contribution is -2.37. The average Bonchev–Trinajstić information content (AvgIpc) is 2.63. The van der Waals surface area contributed by atoms with Gasteiger partial charge < -0.3 is 5.32 Å². The number of nitrogens with one attached hydrogen (secondary N) is 1. The fourth-order valence-corrected chi connectivity index (χ4v) is 2.84. The third kappa shape index (κ3) is 4.32.